The number of thioether (sulfide) groups is 1. The highest BCUT2D eigenvalue weighted by atomic mass is 32.2. The number of rotatable bonds is 6. The van der Waals surface area contributed by atoms with Crippen molar-refractivity contribution in [2.45, 2.75) is 62.4 Å². The first-order chi connectivity index (χ1) is 13.2. The molecule has 4 bridgehead atoms. The summed E-state index contributed by atoms with van der Waals surface area (Å²) >= 11 is 1.77. The van der Waals surface area contributed by atoms with Gasteiger partial charge in [0.05, 0.1) is 11.7 Å². The van der Waals surface area contributed by atoms with Gasteiger partial charge < -0.3 is 10.1 Å². The van der Waals surface area contributed by atoms with Crippen molar-refractivity contribution >= 4 is 17.7 Å². The van der Waals surface area contributed by atoms with Crippen LogP contribution in [0.5, 0.6) is 0 Å². The van der Waals surface area contributed by atoms with E-state index in [1.54, 1.807) is 11.8 Å². The van der Waals surface area contributed by atoms with Crippen LogP contribution in [0.1, 0.15) is 61.7 Å². The number of hydrogen-bond donors (Lipinski definition) is 1. The molecule has 6 rings (SSSR count). The molecule has 4 heteroatoms. The summed E-state index contributed by atoms with van der Waals surface area (Å²) in [6.07, 6.45) is 11.0. The SMILES string of the molecule is O=C(NCC12CC3CC(CC(C3)C1)C2)c1ccccc1SCC1CCCO1. The molecular weight excluding hydrogens is 354 g/mol. The van der Waals surface area contributed by atoms with Crippen molar-refractivity contribution in [2.24, 2.45) is 23.2 Å². The van der Waals surface area contributed by atoms with Gasteiger partial charge in [-0.3, -0.25) is 4.79 Å². The number of carbonyl (C=O) groups excluding carboxylic acids is 1. The Kier molecular flexibility index (Phi) is 4.97. The summed E-state index contributed by atoms with van der Waals surface area (Å²) < 4.78 is 5.74. The summed E-state index contributed by atoms with van der Waals surface area (Å²) in [5, 5.41) is 3.34. The summed E-state index contributed by atoms with van der Waals surface area (Å²) in [5.74, 6) is 3.85. The van der Waals surface area contributed by atoms with Crippen LogP contribution in [0, 0.1) is 23.2 Å². The Morgan fingerprint density at radius 1 is 1.11 bits per heavy atom. The fourth-order valence-electron chi connectivity index (χ4n) is 6.61. The summed E-state index contributed by atoms with van der Waals surface area (Å²) in [7, 11) is 0. The van der Waals surface area contributed by atoms with E-state index in [1.807, 2.05) is 18.2 Å². The predicted molar refractivity (Wildman–Crippen MR) is 109 cm³/mol. The Morgan fingerprint density at radius 3 is 2.48 bits per heavy atom. The molecule has 0 radical (unpaired) electrons. The van der Waals surface area contributed by atoms with Gasteiger partial charge in [-0.15, -0.1) is 11.8 Å². The van der Waals surface area contributed by atoms with Crippen molar-refractivity contribution in [3.05, 3.63) is 29.8 Å². The van der Waals surface area contributed by atoms with Crippen molar-refractivity contribution in [3.8, 4) is 0 Å². The average molecular weight is 386 g/mol. The Bertz CT molecular complexity index is 662. The third kappa shape index (κ3) is 3.80. The molecule has 5 fully saturated rings. The fraction of sp³-hybridized carbons (Fsp3) is 0.696. The van der Waals surface area contributed by atoms with Crippen molar-refractivity contribution in [2.75, 3.05) is 18.9 Å². The predicted octanol–water partition coefficient (Wildman–Crippen LogP) is 4.90. The van der Waals surface area contributed by atoms with Crippen LogP contribution in [-0.4, -0.2) is 30.9 Å². The lowest BCUT2D eigenvalue weighted by Gasteiger charge is -2.56. The lowest BCUT2D eigenvalue weighted by atomic mass is 9.49. The summed E-state index contributed by atoms with van der Waals surface area (Å²) in [6.45, 7) is 1.76. The molecule has 1 amide bonds. The van der Waals surface area contributed by atoms with Gasteiger partial charge in [0.1, 0.15) is 0 Å². The first kappa shape index (κ1) is 18.1. The van der Waals surface area contributed by atoms with Crippen LogP contribution in [-0.2, 0) is 4.74 Å². The lowest BCUT2D eigenvalue weighted by molar-refractivity contribution is -0.0503. The quantitative estimate of drug-likeness (QED) is 0.708. The van der Waals surface area contributed by atoms with Crippen LogP contribution in [0.15, 0.2) is 29.2 Å². The number of carbonyl (C=O) groups is 1. The van der Waals surface area contributed by atoms with E-state index in [1.165, 1.54) is 44.9 Å². The summed E-state index contributed by atoms with van der Waals surface area (Å²) in [4.78, 5) is 14.1. The molecule has 146 valence electrons. The number of hydrogen-bond acceptors (Lipinski definition) is 3. The van der Waals surface area contributed by atoms with Crippen LogP contribution in [0.3, 0.4) is 0 Å². The molecule has 1 aliphatic heterocycles. The maximum atomic E-state index is 13.0. The summed E-state index contributed by atoms with van der Waals surface area (Å²) in [6, 6.07) is 8.08. The van der Waals surface area contributed by atoms with E-state index in [9.17, 15) is 4.79 Å². The second kappa shape index (κ2) is 7.44. The number of amides is 1. The molecule has 1 aromatic carbocycles. The fourth-order valence-corrected chi connectivity index (χ4v) is 7.73. The molecule has 4 saturated carbocycles. The molecule has 27 heavy (non-hydrogen) atoms. The highest BCUT2D eigenvalue weighted by Gasteiger charge is 2.50. The Balaban J connectivity index is 1.22. The van der Waals surface area contributed by atoms with Gasteiger partial charge in [-0.25, -0.2) is 0 Å². The van der Waals surface area contributed by atoms with Crippen molar-refractivity contribution < 1.29 is 9.53 Å². The second-order valence-electron chi connectivity index (χ2n) is 9.54. The average Bonchev–Trinajstić information content (AvgIpc) is 3.17. The van der Waals surface area contributed by atoms with E-state index in [0.717, 1.165) is 53.5 Å². The maximum Gasteiger partial charge on any atom is 0.252 e. The van der Waals surface area contributed by atoms with Crippen LogP contribution < -0.4 is 5.32 Å². The number of benzene rings is 1. The summed E-state index contributed by atoms with van der Waals surface area (Å²) in [5.41, 5.74) is 1.23. The minimum atomic E-state index is 0.112. The minimum absolute atomic E-state index is 0.112. The smallest absolute Gasteiger partial charge is 0.252 e. The number of nitrogens with one attached hydrogen (secondary N) is 1. The Labute approximate surface area is 167 Å². The van der Waals surface area contributed by atoms with Gasteiger partial charge in [0.15, 0.2) is 0 Å². The van der Waals surface area contributed by atoms with Crippen molar-refractivity contribution in [1.29, 1.82) is 0 Å². The van der Waals surface area contributed by atoms with Crippen LogP contribution in [0.4, 0.5) is 0 Å². The zero-order valence-electron chi connectivity index (χ0n) is 16.1. The van der Waals surface area contributed by atoms with E-state index in [-0.39, 0.29) is 5.91 Å². The number of ether oxygens (including phenoxy) is 1. The second-order valence-corrected chi connectivity index (χ2v) is 10.6. The van der Waals surface area contributed by atoms with Crippen molar-refractivity contribution in [3.63, 3.8) is 0 Å². The zero-order chi connectivity index (χ0) is 18.3. The lowest BCUT2D eigenvalue weighted by Crippen LogP contribution is -2.51. The molecule has 4 aliphatic carbocycles. The highest BCUT2D eigenvalue weighted by molar-refractivity contribution is 7.99. The standard InChI is InChI=1S/C23H31NO2S/c25-22(20-5-1-2-6-21(20)27-14-19-4-3-7-26-19)24-15-23-11-16-8-17(12-23)10-18(9-16)13-23/h1-2,5-6,16-19H,3-4,7-15H2,(H,24,25). The van der Waals surface area contributed by atoms with Crippen LogP contribution in [0.2, 0.25) is 0 Å². The Hall–Kier alpha value is -1.00. The minimum Gasteiger partial charge on any atom is -0.377 e. The first-order valence-corrected chi connectivity index (χ1v) is 11.8. The van der Waals surface area contributed by atoms with Crippen LogP contribution in [0.25, 0.3) is 0 Å². The largest absolute Gasteiger partial charge is 0.377 e. The van der Waals surface area contributed by atoms with E-state index < -0.39 is 0 Å². The van der Waals surface area contributed by atoms with Crippen molar-refractivity contribution in [1.82, 2.24) is 5.32 Å². The molecule has 1 heterocycles. The third-order valence-corrected chi connectivity index (χ3v) is 8.57. The molecule has 1 atom stereocenters. The Morgan fingerprint density at radius 2 is 1.81 bits per heavy atom. The maximum absolute atomic E-state index is 13.0. The molecule has 0 spiro atoms. The molecule has 5 aliphatic rings. The van der Waals surface area contributed by atoms with Gasteiger partial charge in [-0.2, -0.15) is 0 Å². The third-order valence-electron chi connectivity index (χ3n) is 7.37. The van der Waals surface area contributed by atoms with Gasteiger partial charge in [-0.1, -0.05) is 12.1 Å². The van der Waals surface area contributed by atoms with E-state index in [0.29, 0.717) is 11.5 Å². The normalized spacial score (nSPS) is 36.9. The highest BCUT2D eigenvalue weighted by Crippen LogP contribution is 2.59. The molecule has 1 aromatic rings. The molecule has 0 aromatic heterocycles. The van der Waals surface area contributed by atoms with E-state index in [2.05, 4.69) is 11.4 Å². The van der Waals surface area contributed by atoms with Gasteiger partial charge in [-0.05, 0) is 86.7 Å². The monoisotopic (exact) mass is 385 g/mol. The van der Waals surface area contributed by atoms with Gasteiger partial charge in [0.25, 0.3) is 5.91 Å². The zero-order valence-corrected chi connectivity index (χ0v) is 16.9. The molecule has 1 saturated heterocycles. The van der Waals surface area contributed by atoms with E-state index >= 15 is 0 Å². The van der Waals surface area contributed by atoms with E-state index in [4.69, 9.17) is 4.74 Å². The molecular formula is C23H31NO2S. The molecule has 1 unspecified atom stereocenters. The molecule has 3 nitrogen and oxygen atoms in total. The van der Waals surface area contributed by atoms with Gasteiger partial charge >= 0.3 is 0 Å². The molecule has 1 N–H and O–H groups in total. The van der Waals surface area contributed by atoms with Gasteiger partial charge in [0, 0.05) is 23.8 Å². The first-order valence-electron chi connectivity index (χ1n) is 10.8. The van der Waals surface area contributed by atoms with Gasteiger partial charge in [0.2, 0.25) is 0 Å². The topological polar surface area (TPSA) is 38.3 Å². The van der Waals surface area contributed by atoms with Crippen LogP contribution >= 0.6 is 11.8 Å².